The zero-order valence-electron chi connectivity index (χ0n) is 6.74. The maximum absolute atomic E-state index is 9.51. The zero-order chi connectivity index (χ0) is 9.14. The monoisotopic (exact) mass is 186 g/mol. The Morgan fingerprint density at radius 1 is 1.67 bits per heavy atom. The van der Waals surface area contributed by atoms with Crippen LogP contribution in [0.3, 0.4) is 0 Å². The molecule has 2 atom stereocenters. The van der Waals surface area contributed by atoms with Gasteiger partial charge in [-0.25, -0.2) is 0 Å². The summed E-state index contributed by atoms with van der Waals surface area (Å²) in [6, 6.07) is 3.02. The Morgan fingerprint density at radius 2 is 2.33 bits per heavy atom. The van der Waals surface area contributed by atoms with Crippen molar-refractivity contribution in [3.63, 3.8) is 0 Å². The van der Waals surface area contributed by atoms with E-state index in [1.807, 2.05) is 0 Å². The van der Waals surface area contributed by atoms with Crippen LogP contribution in [0.2, 0.25) is 5.02 Å². The molecule has 4 heteroatoms. The third-order valence-corrected chi connectivity index (χ3v) is 1.88. The van der Waals surface area contributed by atoms with Gasteiger partial charge in [-0.3, -0.25) is 4.98 Å². The molecule has 0 aliphatic carbocycles. The summed E-state index contributed by atoms with van der Waals surface area (Å²) in [4.78, 5) is 3.94. The van der Waals surface area contributed by atoms with Gasteiger partial charge in [-0.05, 0) is 19.1 Å². The number of hydrogen-bond donors (Lipinski definition) is 2. The molecular weight excluding hydrogens is 176 g/mol. The van der Waals surface area contributed by atoms with Crippen LogP contribution in [-0.4, -0.2) is 16.1 Å². The average Bonchev–Trinajstić information content (AvgIpc) is 2.04. The lowest BCUT2D eigenvalue weighted by Gasteiger charge is -2.14. The second-order valence-electron chi connectivity index (χ2n) is 2.67. The van der Waals surface area contributed by atoms with Crippen LogP contribution in [0.25, 0.3) is 0 Å². The molecule has 0 aliphatic heterocycles. The maximum atomic E-state index is 9.51. The zero-order valence-corrected chi connectivity index (χ0v) is 7.49. The van der Waals surface area contributed by atoms with Gasteiger partial charge in [0.25, 0.3) is 0 Å². The van der Waals surface area contributed by atoms with E-state index in [1.165, 1.54) is 0 Å². The Balaban J connectivity index is 2.94. The predicted molar refractivity (Wildman–Crippen MR) is 47.9 cm³/mol. The first-order valence-corrected chi connectivity index (χ1v) is 4.04. The summed E-state index contributed by atoms with van der Waals surface area (Å²) < 4.78 is 0. The third kappa shape index (κ3) is 1.94. The van der Waals surface area contributed by atoms with Crippen molar-refractivity contribution >= 4 is 11.6 Å². The summed E-state index contributed by atoms with van der Waals surface area (Å²) >= 11 is 5.79. The van der Waals surface area contributed by atoms with Crippen LogP contribution in [0.4, 0.5) is 0 Å². The van der Waals surface area contributed by atoms with Gasteiger partial charge in [-0.1, -0.05) is 11.6 Å². The maximum Gasteiger partial charge on any atom is 0.112 e. The lowest BCUT2D eigenvalue weighted by molar-refractivity contribution is 0.149. The summed E-state index contributed by atoms with van der Waals surface area (Å²) in [6.45, 7) is 1.70. The molecule has 1 rings (SSSR count). The van der Waals surface area contributed by atoms with Gasteiger partial charge in [0.15, 0.2) is 0 Å². The van der Waals surface area contributed by atoms with E-state index in [0.717, 1.165) is 0 Å². The number of hydrogen-bond acceptors (Lipinski definition) is 3. The highest BCUT2D eigenvalue weighted by Gasteiger charge is 2.16. The molecule has 0 aliphatic rings. The number of aliphatic hydroxyl groups excluding tert-OH is 1. The lowest BCUT2D eigenvalue weighted by Crippen LogP contribution is -2.25. The largest absolute Gasteiger partial charge is 0.385 e. The second-order valence-corrected chi connectivity index (χ2v) is 3.08. The molecule has 3 nitrogen and oxygen atoms in total. The quantitative estimate of drug-likeness (QED) is 0.728. The van der Waals surface area contributed by atoms with Crippen LogP contribution >= 0.6 is 11.6 Å². The summed E-state index contributed by atoms with van der Waals surface area (Å²) in [6.07, 6.45) is 0.783. The summed E-state index contributed by atoms with van der Waals surface area (Å²) in [5.74, 6) is 0. The van der Waals surface area contributed by atoms with Crippen LogP contribution in [0, 0.1) is 0 Å². The fourth-order valence-electron chi connectivity index (χ4n) is 0.865. The average molecular weight is 187 g/mol. The van der Waals surface area contributed by atoms with Crippen molar-refractivity contribution in [2.24, 2.45) is 5.73 Å². The number of aliphatic hydroxyl groups is 1. The van der Waals surface area contributed by atoms with Crippen LogP contribution in [0.1, 0.15) is 18.7 Å². The van der Waals surface area contributed by atoms with Gasteiger partial charge < -0.3 is 10.8 Å². The molecule has 1 aromatic rings. The second kappa shape index (κ2) is 3.85. The minimum absolute atomic E-state index is 0.364. The molecule has 0 spiro atoms. The topological polar surface area (TPSA) is 59.1 Å². The predicted octanol–water partition coefficient (Wildman–Crippen LogP) is 1.12. The molecule has 0 saturated heterocycles. The number of halogens is 1. The van der Waals surface area contributed by atoms with Crippen molar-refractivity contribution in [3.8, 4) is 0 Å². The van der Waals surface area contributed by atoms with E-state index in [0.29, 0.717) is 10.7 Å². The number of nitrogens with two attached hydrogens (primary N) is 1. The molecule has 0 aromatic carbocycles. The number of aromatic nitrogens is 1. The molecule has 3 N–H and O–H groups in total. The van der Waals surface area contributed by atoms with Crippen LogP contribution in [0.15, 0.2) is 18.3 Å². The van der Waals surface area contributed by atoms with Crippen molar-refractivity contribution in [1.82, 2.24) is 4.98 Å². The van der Waals surface area contributed by atoms with Crippen molar-refractivity contribution in [1.29, 1.82) is 0 Å². The smallest absolute Gasteiger partial charge is 0.112 e. The Bertz CT molecular complexity index is 265. The SMILES string of the molecule is C[C@H](N)[C@@H](O)c1ncccc1Cl. The van der Waals surface area contributed by atoms with Crippen LogP contribution < -0.4 is 5.73 Å². The molecule has 0 unspecified atom stereocenters. The van der Waals surface area contributed by atoms with E-state index >= 15 is 0 Å². The van der Waals surface area contributed by atoms with Crippen LogP contribution in [-0.2, 0) is 0 Å². The van der Waals surface area contributed by atoms with Gasteiger partial charge in [-0.2, -0.15) is 0 Å². The summed E-state index contributed by atoms with van der Waals surface area (Å²) in [5.41, 5.74) is 5.93. The Labute approximate surface area is 76.2 Å². The van der Waals surface area contributed by atoms with Crippen molar-refractivity contribution < 1.29 is 5.11 Å². The number of rotatable bonds is 2. The highest BCUT2D eigenvalue weighted by Crippen LogP contribution is 2.21. The highest BCUT2D eigenvalue weighted by atomic mass is 35.5. The normalized spacial score (nSPS) is 15.7. The van der Waals surface area contributed by atoms with E-state index < -0.39 is 6.10 Å². The lowest BCUT2D eigenvalue weighted by atomic mass is 10.1. The van der Waals surface area contributed by atoms with Crippen LogP contribution in [0.5, 0.6) is 0 Å². The van der Waals surface area contributed by atoms with Gasteiger partial charge in [0, 0.05) is 12.2 Å². The summed E-state index contributed by atoms with van der Waals surface area (Å²) in [7, 11) is 0. The summed E-state index contributed by atoms with van der Waals surface area (Å²) in [5, 5.41) is 9.95. The first-order valence-electron chi connectivity index (χ1n) is 3.67. The van der Waals surface area contributed by atoms with Gasteiger partial charge >= 0.3 is 0 Å². The molecule has 0 fully saturated rings. The van der Waals surface area contributed by atoms with Gasteiger partial charge in [0.05, 0.1) is 10.7 Å². The van der Waals surface area contributed by atoms with Gasteiger partial charge in [0.1, 0.15) is 6.10 Å². The molecule has 1 heterocycles. The molecule has 0 bridgehead atoms. The van der Waals surface area contributed by atoms with E-state index in [-0.39, 0.29) is 6.04 Å². The molecular formula is C8H11ClN2O. The van der Waals surface area contributed by atoms with Gasteiger partial charge in [0.2, 0.25) is 0 Å². The standard InChI is InChI=1S/C8H11ClN2O/c1-5(10)8(12)7-6(9)3-2-4-11-7/h2-5,8,12H,10H2,1H3/t5-,8+/m0/s1. The van der Waals surface area contributed by atoms with Crippen molar-refractivity contribution in [3.05, 3.63) is 29.0 Å². The molecule has 0 amide bonds. The highest BCUT2D eigenvalue weighted by molar-refractivity contribution is 6.31. The third-order valence-electron chi connectivity index (χ3n) is 1.57. The van der Waals surface area contributed by atoms with E-state index in [9.17, 15) is 5.11 Å². The molecule has 0 saturated carbocycles. The minimum atomic E-state index is -0.793. The molecule has 66 valence electrons. The first kappa shape index (κ1) is 9.45. The fraction of sp³-hybridized carbons (Fsp3) is 0.375. The van der Waals surface area contributed by atoms with Gasteiger partial charge in [-0.15, -0.1) is 0 Å². The first-order chi connectivity index (χ1) is 5.63. The Hall–Kier alpha value is -0.640. The number of pyridine rings is 1. The van der Waals surface area contributed by atoms with E-state index in [4.69, 9.17) is 17.3 Å². The molecule has 0 radical (unpaired) electrons. The molecule has 1 aromatic heterocycles. The van der Waals surface area contributed by atoms with E-state index in [2.05, 4.69) is 4.98 Å². The molecule has 12 heavy (non-hydrogen) atoms. The Morgan fingerprint density at radius 3 is 2.83 bits per heavy atom. The van der Waals surface area contributed by atoms with Crippen molar-refractivity contribution in [2.45, 2.75) is 19.1 Å². The van der Waals surface area contributed by atoms with E-state index in [1.54, 1.807) is 25.3 Å². The fourth-order valence-corrected chi connectivity index (χ4v) is 1.10. The number of nitrogens with zero attached hydrogens (tertiary/aromatic N) is 1. The minimum Gasteiger partial charge on any atom is -0.385 e. The Kier molecular flexibility index (Phi) is 3.03. The van der Waals surface area contributed by atoms with Crippen molar-refractivity contribution in [2.75, 3.05) is 0 Å².